The second-order valence-electron chi connectivity index (χ2n) is 4.26. The van der Waals surface area contributed by atoms with Gasteiger partial charge in [-0.05, 0) is 19.8 Å². The van der Waals surface area contributed by atoms with Gasteiger partial charge in [-0.25, -0.2) is 17.6 Å². The lowest BCUT2D eigenvalue weighted by Crippen LogP contribution is -2.26. The molecule has 0 bridgehead atoms. The summed E-state index contributed by atoms with van der Waals surface area (Å²) in [5.74, 6) is -3.87. The summed E-state index contributed by atoms with van der Waals surface area (Å²) in [7, 11) is 0. The van der Waals surface area contributed by atoms with Crippen molar-refractivity contribution in [2.45, 2.75) is 38.6 Å². The van der Waals surface area contributed by atoms with E-state index in [4.69, 9.17) is 9.47 Å². The van der Waals surface area contributed by atoms with Crippen molar-refractivity contribution in [3.8, 4) is 0 Å². The van der Waals surface area contributed by atoms with E-state index in [1.54, 1.807) is 0 Å². The molecule has 2 atom stereocenters. The molecular weight excluding hydrogens is 252 g/mol. The van der Waals surface area contributed by atoms with Crippen LogP contribution in [-0.4, -0.2) is 19.1 Å². The Morgan fingerprint density at radius 1 is 1.22 bits per heavy atom. The molecule has 6 heteroatoms. The Hall–Kier alpha value is -1.04. The minimum atomic E-state index is -2.30. The first kappa shape index (κ1) is 13.4. The standard InChI is InChI=1S/C12H13F4O2/c1-6-8(13)10(15)12(11(16)9(6)14)18-7-4-2-3-5-17-7/h7-8H,2-5H2,1H3. The van der Waals surface area contributed by atoms with Crippen molar-refractivity contribution >= 4 is 0 Å². The molecule has 0 aromatic rings. The van der Waals surface area contributed by atoms with Gasteiger partial charge in [0, 0.05) is 12.0 Å². The van der Waals surface area contributed by atoms with Gasteiger partial charge in [-0.3, -0.25) is 0 Å². The highest BCUT2D eigenvalue weighted by atomic mass is 19.2. The molecule has 1 fully saturated rings. The monoisotopic (exact) mass is 265 g/mol. The molecule has 1 heterocycles. The second-order valence-corrected chi connectivity index (χ2v) is 4.26. The molecule has 0 saturated carbocycles. The zero-order chi connectivity index (χ0) is 13.3. The second kappa shape index (κ2) is 5.30. The van der Waals surface area contributed by atoms with Crippen LogP contribution >= 0.6 is 0 Å². The van der Waals surface area contributed by atoms with Gasteiger partial charge in [-0.15, -0.1) is 0 Å². The number of allylic oxidation sites excluding steroid dienone is 3. The molecule has 18 heavy (non-hydrogen) atoms. The van der Waals surface area contributed by atoms with Gasteiger partial charge in [0.2, 0.25) is 0 Å². The van der Waals surface area contributed by atoms with Crippen LogP contribution in [-0.2, 0) is 9.47 Å². The zero-order valence-corrected chi connectivity index (χ0v) is 9.81. The van der Waals surface area contributed by atoms with Crippen molar-refractivity contribution in [2.75, 3.05) is 6.61 Å². The molecule has 0 spiro atoms. The SMILES string of the molecule is CC1=C(F)[C](F)C(OC2CCCCO2)=C(F)C1F. The van der Waals surface area contributed by atoms with Crippen molar-refractivity contribution in [2.24, 2.45) is 0 Å². The van der Waals surface area contributed by atoms with Gasteiger partial charge in [0.1, 0.15) is 0 Å². The van der Waals surface area contributed by atoms with Gasteiger partial charge in [0.05, 0.1) is 6.61 Å². The Balaban J connectivity index is 2.15. The first-order chi connectivity index (χ1) is 8.52. The minimum absolute atomic E-state index is 0.400. The largest absolute Gasteiger partial charge is 0.462 e. The van der Waals surface area contributed by atoms with Crippen molar-refractivity contribution < 1.29 is 27.0 Å². The smallest absolute Gasteiger partial charge is 0.268 e. The van der Waals surface area contributed by atoms with Gasteiger partial charge in [0.25, 0.3) is 6.17 Å². The van der Waals surface area contributed by atoms with Crippen LogP contribution in [0.4, 0.5) is 17.6 Å². The van der Waals surface area contributed by atoms with E-state index in [1.807, 2.05) is 0 Å². The molecule has 0 amide bonds. The Labute approximate surface area is 102 Å². The summed E-state index contributed by atoms with van der Waals surface area (Å²) in [5.41, 5.74) is -0.623. The van der Waals surface area contributed by atoms with E-state index >= 15 is 0 Å². The third-order valence-electron chi connectivity index (χ3n) is 2.95. The fraction of sp³-hybridized carbons (Fsp3) is 0.583. The summed E-state index contributed by atoms with van der Waals surface area (Å²) >= 11 is 0. The number of halogens is 4. The highest BCUT2D eigenvalue weighted by Gasteiger charge is 2.40. The number of rotatable bonds is 2. The molecule has 0 N–H and O–H groups in total. The van der Waals surface area contributed by atoms with Crippen LogP contribution in [0, 0.1) is 6.17 Å². The molecule has 1 aliphatic heterocycles. The van der Waals surface area contributed by atoms with Crippen LogP contribution in [0.2, 0.25) is 0 Å². The van der Waals surface area contributed by atoms with Crippen molar-refractivity contribution in [1.82, 2.24) is 0 Å². The lowest BCUT2D eigenvalue weighted by atomic mass is 10.0. The van der Waals surface area contributed by atoms with Crippen LogP contribution in [0.15, 0.2) is 23.0 Å². The minimum Gasteiger partial charge on any atom is -0.462 e. The van der Waals surface area contributed by atoms with E-state index in [-0.39, 0.29) is 0 Å². The van der Waals surface area contributed by atoms with Crippen molar-refractivity contribution in [3.05, 3.63) is 29.2 Å². The van der Waals surface area contributed by atoms with Gasteiger partial charge in [-0.1, -0.05) is 0 Å². The predicted molar refractivity (Wildman–Crippen MR) is 55.9 cm³/mol. The first-order valence-corrected chi connectivity index (χ1v) is 5.73. The topological polar surface area (TPSA) is 18.5 Å². The van der Waals surface area contributed by atoms with Gasteiger partial charge >= 0.3 is 0 Å². The van der Waals surface area contributed by atoms with Crippen LogP contribution < -0.4 is 0 Å². The van der Waals surface area contributed by atoms with E-state index in [1.165, 1.54) is 0 Å². The Morgan fingerprint density at radius 3 is 2.56 bits per heavy atom. The van der Waals surface area contributed by atoms with Crippen LogP contribution in [0.1, 0.15) is 26.2 Å². The van der Waals surface area contributed by atoms with Gasteiger partial charge in [0.15, 0.2) is 29.9 Å². The Morgan fingerprint density at radius 2 is 1.94 bits per heavy atom. The van der Waals surface area contributed by atoms with Gasteiger partial charge in [-0.2, -0.15) is 0 Å². The van der Waals surface area contributed by atoms with E-state index in [9.17, 15) is 17.6 Å². The maximum Gasteiger partial charge on any atom is 0.268 e. The van der Waals surface area contributed by atoms with E-state index in [0.717, 1.165) is 19.8 Å². The predicted octanol–water partition coefficient (Wildman–Crippen LogP) is 3.81. The third kappa shape index (κ3) is 2.39. The molecule has 2 unspecified atom stereocenters. The zero-order valence-electron chi connectivity index (χ0n) is 9.81. The van der Waals surface area contributed by atoms with Crippen molar-refractivity contribution in [1.29, 1.82) is 0 Å². The average Bonchev–Trinajstić information content (AvgIpc) is 2.40. The molecule has 2 nitrogen and oxygen atoms in total. The average molecular weight is 265 g/mol. The highest BCUT2D eigenvalue weighted by Crippen LogP contribution is 2.41. The van der Waals surface area contributed by atoms with Crippen LogP contribution in [0.5, 0.6) is 0 Å². The fourth-order valence-corrected chi connectivity index (χ4v) is 1.84. The molecule has 1 saturated heterocycles. The summed E-state index contributed by atoms with van der Waals surface area (Å²) in [5, 5.41) is 0. The Bertz CT molecular complexity index is 386. The maximum absolute atomic E-state index is 13.5. The lowest BCUT2D eigenvalue weighted by Gasteiger charge is -2.28. The van der Waals surface area contributed by atoms with Gasteiger partial charge < -0.3 is 9.47 Å². The lowest BCUT2D eigenvalue weighted by molar-refractivity contribution is -0.142. The van der Waals surface area contributed by atoms with Crippen LogP contribution in [0.25, 0.3) is 0 Å². The summed E-state index contributed by atoms with van der Waals surface area (Å²) < 4.78 is 63.7. The van der Waals surface area contributed by atoms with E-state index in [0.29, 0.717) is 13.0 Å². The molecule has 1 radical (unpaired) electrons. The van der Waals surface area contributed by atoms with E-state index in [2.05, 4.69) is 0 Å². The first-order valence-electron chi connectivity index (χ1n) is 5.73. The number of ether oxygens (including phenoxy) is 2. The molecule has 1 aliphatic carbocycles. The molecule has 2 aliphatic rings. The van der Waals surface area contributed by atoms with Crippen LogP contribution in [0.3, 0.4) is 0 Å². The maximum atomic E-state index is 13.5. The van der Waals surface area contributed by atoms with Crippen molar-refractivity contribution in [3.63, 3.8) is 0 Å². The third-order valence-corrected chi connectivity index (χ3v) is 2.95. The molecule has 101 valence electrons. The highest BCUT2D eigenvalue weighted by molar-refractivity contribution is 5.42. The van der Waals surface area contributed by atoms with E-state index < -0.39 is 41.6 Å². The number of hydrogen-bond acceptors (Lipinski definition) is 2. The summed E-state index contributed by atoms with van der Waals surface area (Å²) in [6.45, 7) is 1.39. The molecule has 0 aromatic heterocycles. The molecule has 2 rings (SSSR count). The summed E-state index contributed by atoms with van der Waals surface area (Å²) in [6.07, 6.45) is -2.63. The molecule has 0 aromatic carbocycles. The quantitative estimate of drug-likeness (QED) is 0.707. The molecular formula is C12H13F4O2. The Kier molecular flexibility index (Phi) is 3.94. The number of alkyl halides is 1. The fourth-order valence-electron chi connectivity index (χ4n) is 1.84. The summed E-state index contributed by atoms with van der Waals surface area (Å²) in [6, 6.07) is 0. The number of hydrogen-bond donors (Lipinski definition) is 0. The summed E-state index contributed by atoms with van der Waals surface area (Å²) in [4.78, 5) is 0. The normalized spacial score (nSPS) is 30.9.